The van der Waals surface area contributed by atoms with E-state index in [1.165, 1.54) is 25.7 Å². The molecule has 112 valence electrons. The van der Waals surface area contributed by atoms with Crippen molar-refractivity contribution in [3.05, 3.63) is 0 Å². The Morgan fingerprint density at radius 1 is 1.32 bits per heavy atom. The van der Waals surface area contributed by atoms with Gasteiger partial charge < -0.3 is 9.64 Å². The van der Waals surface area contributed by atoms with E-state index in [-0.39, 0.29) is 6.09 Å². The summed E-state index contributed by atoms with van der Waals surface area (Å²) in [6, 6.07) is 0. The zero-order valence-corrected chi connectivity index (χ0v) is 13.4. The minimum atomic E-state index is -0.399. The summed E-state index contributed by atoms with van der Waals surface area (Å²) >= 11 is 0. The molecule has 0 bridgehead atoms. The molecular formula is C16H31NO2. The molecule has 1 saturated carbocycles. The van der Waals surface area contributed by atoms with Gasteiger partial charge in [0.2, 0.25) is 0 Å². The van der Waals surface area contributed by atoms with Crippen LogP contribution in [0.4, 0.5) is 4.79 Å². The van der Waals surface area contributed by atoms with E-state index in [0.29, 0.717) is 0 Å². The fraction of sp³-hybridized carbons (Fsp3) is 0.938. The average Bonchev–Trinajstić information content (AvgIpc) is 2.27. The summed E-state index contributed by atoms with van der Waals surface area (Å²) in [5.74, 6) is 1.65. The number of hydrogen-bond acceptors (Lipinski definition) is 2. The number of amides is 1. The van der Waals surface area contributed by atoms with E-state index in [1.54, 1.807) is 0 Å². The lowest BCUT2D eigenvalue weighted by molar-refractivity contribution is 0.0246. The first-order valence-corrected chi connectivity index (χ1v) is 7.79. The van der Waals surface area contributed by atoms with Gasteiger partial charge in [-0.2, -0.15) is 0 Å². The zero-order valence-electron chi connectivity index (χ0n) is 13.4. The molecule has 0 aromatic rings. The van der Waals surface area contributed by atoms with Crippen molar-refractivity contribution in [3.63, 3.8) is 0 Å². The van der Waals surface area contributed by atoms with E-state index in [2.05, 4.69) is 6.92 Å². The van der Waals surface area contributed by atoms with Crippen LogP contribution in [0.5, 0.6) is 0 Å². The highest BCUT2D eigenvalue weighted by atomic mass is 16.6. The molecule has 1 aliphatic rings. The number of carbonyl (C=O) groups excluding carboxylic acids is 1. The van der Waals surface area contributed by atoms with Gasteiger partial charge >= 0.3 is 6.09 Å². The van der Waals surface area contributed by atoms with E-state index >= 15 is 0 Å². The lowest BCUT2D eigenvalue weighted by Crippen LogP contribution is -2.38. The molecule has 19 heavy (non-hydrogen) atoms. The topological polar surface area (TPSA) is 29.5 Å². The Morgan fingerprint density at radius 2 is 2.00 bits per heavy atom. The van der Waals surface area contributed by atoms with Gasteiger partial charge in [0, 0.05) is 13.1 Å². The number of rotatable bonds is 4. The van der Waals surface area contributed by atoms with Gasteiger partial charge in [-0.25, -0.2) is 4.79 Å². The van der Waals surface area contributed by atoms with Crippen molar-refractivity contribution in [2.24, 2.45) is 11.8 Å². The van der Waals surface area contributed by atoms with E-state index in [9.17, 15) is 4.79 Å². The van der Waals surface area contributed by atoms with Crippen molar-refractivity contribution in [3.8, 4) is 0 Å². The second kappa shape index (κ2) is 7.16. The van der Waals surface area contributed by atoms with Crippen molar-refractivity contribution < 1.29 is 9.53 Å². The standard InChI is InChI=1S/C16H31NO2/c1-6-17(15(18)19-16(3,4)5)11-10-14-9-7-8-13(2)12-14/h13-14H,6-12H2,1-5H3. The number of hydrogen-bond donors (Lipinski definition) is 0. The Kier molecular flexibility index (Phi) is 6.15. The molecule has 0 aromatic carbocycles. The van der Waals surface area contributed by atoms with Crippen molar-refractivity contribution >= 4 is 6.09 Å². The quantitative estimate of drug-likeness (QED) is 0.754. The molecular weight excluding hydrogens is 238 g/mol. The normalized spacial score (nSPS) is 24.1. The van der Waals surface area contributed by atoms with Crippen LogP contribution >= 0.6 is 0 Å². The van der Waals surface area contributed by atoms with Gasteiger partial charge in [0.1, 0.15) is 5.60 Å². The van der Waals surface area contributed by atoms with Crippen molar-refractivity contribution in [2.75, 3.05) is 13.1 Å². The van der Waals surface area contributed by atoms with E-state index in [1.807, 2.05) is 32.6 Å². The van der Waals surface area contributed by atoms with Crippen LogP contribution in [0.2, 0.25) is 0 Å². The third kappa shape index (κ3) is 6.31. The molecule has 1 rings (SSSR count). The highest BCUT2D eigenvalue weighted by molar-refractivity contribution is 5.68. The first kappa shape index (κ1) is 16.3. The Hall–Kier alpha value is -0.730. The van der Waals surface area contributed by atoms with Gasteiger partial charge in [0.05, 0.1) is 0 Å². The molecule has 2 atom stereocenters. The van der Waals surface area contributed by atoms with Crippen LogP contribution in [0.15, 0.2) is 0 Å². The summed E-state index contributed by atoms with van der Waals surface area (Å²) in [7, 11) is 0. The van der Waals surface area contributed by atoms with Crippen LogP contribution in [0.1, 0.15) is 66.7 Å². The van der Waals surface area contributed by atoms with Crippen molar-refractivity contribution in [1.29, 1.82) is 0 Å². The van der Waals surface area contributed by atoms with Crippen LogP contribution in [0.25, 0.3) is 0 Å². The molecule has 0 heterocycles. The first-order valence-electron chi connectivity index (χ1n) is 7.79. The Morgan fingerprint density at radius 3 is 2.53 bits per heavy atom. The highest BCUT2D eigenvalue weighted by Gasteiger charge is 2.23. The molecule has 1 fully saturated rings. The molecule has 0 radical (unpaired) electrons. The molecule has 2 unspecified atom stereocenters. The summed E-state index contributed by atoms with van der Waals surface area (Å²) in [5.41, 5.74) is -0.399. The van der Waals surface area contributed by atoms with Crippen LogP contribution < -0.4 is 0 Å². The van der Waals surface area contributed by atoms with Crippen molar-refractivity contribution in [2.45, 2.75) is 72.3 Å². The molecule has 0 aliphatic heterocycles. The number of nitrogens with zero attached hydrogens (tertiary/aromatic N) is 1. The zero-order chi connectivity index (χ0) is 14.5. The van der Waals surface area contributed by atoms with Gasteiger partial charge in [-0.1, -0.05) is 26.2 Å². The highest BCUT2D eigenvalue weighted by Crippen LogP contribution is 2.30. The van der Waals surface area contributed by atoms with Gasteiger partial charge in [-0.05, 0) is 52.4 Å². The Balaban J connectivity index is 2.37. The molecule has 0 N–H and O–H groups in total. The first-order chi connectivity index (χ1) is 8.81. The van der Waals surface area contributed by atoms with Crippen LogP contribution in [0.3, 0.4) is 0 Å². The molecule has 3 heteroatoms. The van der Waals surface area contributed by atoms with Gasteiger partial charge in [0.15, 0.2) is 0 Å². The summed E-state index contributed by atoms with van der Waals surface area (Å²) in [5, 5.41) is 0. The fourth-order valence-corrected chi connectivity index (χ4v) is 2.87. The van der Waals surface area contributed by atoms with E-state index < -0.39 is 5.60 Å². The lowest BCUT2D eigenvalue weighted by Gasteiger charge is -2.30. The summed E-state index contributed by atoms with van der Waals surface area (Å²) in [6.45, 7) is 11.7. The average molecular weight is 269 g/mol. The predicted octanol–water partition coefficient (Wildman–Crippen LogP) is 4.46. The Labute approximate surface area is 118 Å². The smallest absolute Gasteiger partial charge is 0.410 e. The van der Waals surface area contributed by atoms with Crippen LogP contribution in [-0.4, -0.2) is 29.7 Å². The summed E-state index contributed by atoms with van der Waals surface area (Å²) in [4.78, 5) is 13.9. The lowest BCUT2D eigenvalue weighted by atomic mass is 9.81. The number of ether oxygens (including phenoxy) is 1. The maximum Gasteiger partial charge on any atom is 0.410 e. The molecule has 1 amide bonds. The van der Waals surface area contributed by atoms with Gasteiger partial charge in [0.25, 0.3) is 0 Å². The van der Waals surface area contributed by atoms with E-state index in [0.717, 1.165) is 31.3 Å². The Bertz CT molecular complexity index is 283. The second-order valence-corrected chi connectivity index (χ2v) is 6.99. The number of carbonyl (C=O) groups is 1. The van der Waals surface area contributed by atoms with Crippen LogP contribution in [0, 0.1) is 11.8 Å². The largest absolute Gasteiger partial charge is 0.444 e. The minimum absolute atomic E-state index is 0.168. The monoisotopic (exact) mass is 269 g/mol. The maximum atomic E-state index is 12.0. The maximum absolute atomic E-state index is 12.0. The summed E-state index contributed by atoms with van der Waals surface area (Å²) in [6.07, 6.45) is 6.34. The van der Waals surface area contributed by atoms with Gasteiger partial charge in [-0.3, -0.25) is 0 Å². The van der Waals surface area contributed by atoms with E-state index in [4.69, 9.17) is 4.74 Å². The second-order valence-electron chi connectivity index (χ2n) is 6.99. The molecule has 0 spiro atoms. The molecule has 1 aliphatic carbocycles. The summed E-state index contributed by atoms with van der Waals surface area (Å²) < 4.78 is 5.44. The molecule has 0 aromatic heterocycles. The third-order valence-corrected chi connectivity index (χ3v) is 3.89. The molecule has 0 saturated heterocycles. The SMILES string of the molecule is CCN(CCC1CCCC(C)C1)C(=O)OC(C)(C)C. The minimum Gasteiger partial charge on any atom is -0.444 e. The van der Waals surface area contributed by atoms with Crippen molar-refractivity contribution in [1.82, 2.24) is 4.90 Å². The third-order valence-electron chi connectivity index (χ3n) is 3.89. The predicted molar refractivity (Wildman–Crippen MR) is 79.2 cm³/mol. The molecule has 3 nitrogen and oxygen atoms in total. The fourth-order valence-electron chi connectivity index (χ4n) is 2.87. The van der Waals surface area contributed by atoms with Crippen LogP contribution in [-0.2, 0) is 4.74 Å². The van der Waals surface area contributed by atoms with Gasteiger partial charge in [-0.15, -0.1) is 0 Å².